The highest BCUT2D eigenvalue weighted by molar-refractivity contribution is 6.30. The van der Waals surface area contributed by atoms with Crippen LogP contribution in [0.3, 0.4) is 0 Å². The zero-order valence-corrected chi connectivity index (χ0v) is 20.1. The van der Waals surface area contributed by atoms with Crippen molar-refractivity contribution in [3.63, 3.8) is 0 Å². The van der Waals surface area contributed by atoms with E-state index in [1.165, 1.54) is 24.3 Å². The van der Waals surface area contributed by atoms with Gasteiger partial charge in [-0.25, -0.2) is 8.78 Å². The van der Waals surface area contributed by atoms with Gasteiger partial charge < -0.3 is 9.47 Å². The summed E-state index contributed by atoms with van der Waals surface area (Å²) in [6.45, 7) is 1.17. The lowest BCUT2D eigenvalue weighted by Gasteiger charge is -2.18. The van der Waals surface area contributed by atoms with Crippen molar-refractivity contribution in [3.05, 3.63) is 130 Å². The molecule has 0 aliphatic heterocycles. The molecule has 0 aliphatic rings. The molecule has 4 rings (SSSR count). The second-order valence-electron chi connectivity index (χ2n) is 8.40. The molecule has 0 fully saturated rings. The van der Waals surface area contributed by atoms with Crippen molar-refractivity contribution in [2.75, 3.05) is 6.61 Å². The lowest BCUT2D eigenvalue weighted by atomic mass is 9.87. The summed E-state index contributed by atoms with van der Waals surface area (Å²) in [6.07, 6.45) is 2.71. The van der Waals surface area contributed by atoms with E-state index in [9.17, 15) is 8.78 Å². The third-order valence-corrected chi connectivity index (χ3v) is 6.07. The molecule has 0 heterocycles. The summed E-state index contributed by atoms with van der Waals surface area (Å²) < 4.78 is 38.5. The third kappa shape index (κ3) is 7.64. The standard InChI is InChI=1S/C30H27ClF2O2/c31-25-10-18-29(19-11-25)35-28-16-4-22(5-17-28)21-34-20-2-1-3-30(23-6-12-26(32)13-7-23)24-8-14-27(33)15-9-24/h4-19,30H,1-3,20-21H2. The van der Waals surface area contributed by atoms with E-state index in [4.69, 9.17) is 21.1 Å². The van der Waals surface area contributed by atoms with Crippen LogP contribution in [0.25, 0.3) is 0 Å². The Hall–Kier alpha value is -3.21. The first-order valence-corrected chi connectivity index (χ1v) is 12.1. The van der Waals surface area contributed by atoms with Crippen LogP contribution in [0, 0.1) is 11.6 Å². The zero-order valence-electron chi connectivity index (χ0n) is 19.3. The van der Waals surface area contributed by atoms with Gasteiger partial charge in [-0.1, -0.05) is 54.4 Å². The number of hydrogen-bond donors (Lipinski definition) is 0. The Kier molecular flexibility index (Phi) is 8.88. The van der Waals surface area contributed by atoms with E-state index >= 15 is 0 Å². The highest BCUT2D eigenvalue weighted by Crippen LogP contribution is 2.30. The fraction of sp³-hybridized carbons (Fsp3) is 0.200. The van der Waals surface area contributed by atoms with E-state index in [1.54, 1.807) is 36.4 Å². The lowest BCUT2D eigenvalue weighted by Crippen LogP contribution is -2.03. The number of benzene rings is 4. The maximum atomic E-state index is 13.4. The quantitative estimate of drug-likeness (QED) is 0.194. The molecule has 0 N–H and O–H groups in total. The van der Waals surface area contributed by atoms with Crippen LogP contribution in [-0.2, 0) is 11.3 Å². The van der Waals surface area contributed by atoms with E-state index in [2.05, 4.69) is 0 Å². The molecule has 0 saturated heterocycles. The molecule has 0 bridgehead atoms. The Labute approximate surface area is 210 Å². The Bertz CT molecular complexity index is 1130. The van der Waals surface area contributed by atoms with Gasteiger partial charge in [0.2, 0.25) is 0 Å². The Morgan fingerprint density at radius 2 is 1.14 bits per heavy atom. The summed E-state index contributed by atoms with van der Waals surface area (Å²) in [5.74, 6) is 1.06. The Balaban J connectivity index is 1.22. The molecule has 5 heteroatoms. The molecular formula is C30H27ClF2O2. The van der Waals surface area contributed by atoms with Crippen LogP contribution in [0.5, 0.6) is 11.5 Å². The van der Waals surface area contributed by atoms with Gasteiger partial charge in [0, 0.05) is 17.5 Å². The average molecular weight is 493 g/mol. The van der Waals surface area contributed by atoms with Gasteiger partial charge in [-0.2, -0.15) is 0 Å². The smallest absolute Gasteiger partial charge is 0.127 e. The normalized spacial score (nSPS) is 11.1. The minimum Gasteiger partial charge on any atom is -0.457 e. The second kappa shape index (κ2) is 12.5. The fourth-order valence-corrected chi connectivity index (χ4v) is 4.08. The van der Waals surface area contributed by atoms with Crippen molar-refractivity contribution < 1.29 is 18.3 Å². The van der Waals surface area contributed by atoms with Crippen LogP contribution < -0.4 is 4.74 Å². The van der Waals surface area contributed by atoms with Gasteiger partial charge in [0.25, 0.3) is 0 Å². The Morgan fingerprint density at radius 3 is 1.69 bits per heavy atom. The summed E-state index contributed by atoms with van der Waals surface area (Å²) in [4.78, 5) is 0. The number of unbranched alkanes of at least 4 members (excludes halogenated alkanes) is 1. The molecule has 35 heavy (non-hydrogen) atoms. The molecule has 2 nitrogen and oxygen atoms in total. The van der Waals surface area contributed by atoms with Crippen LogP contribution in [0.2, 0.25) is 5.02 Å². The van der Waals surface area contributed by atoms with E-state index in [-0.39, 0.29) is 17.6 Å². The van der Waals surface area contributed by atoms with E-state index in [0.717, 1.165) is 47.5 Å². The van der Waals surface area contributed by atoms with Gasteiger partial charge in [-0.3, -0.25) is 0 Å². The topological polar surface area (TPSA) is 18.5 Å². The van der Waals surface area contributed by atoms with Crippen LogP contribution >= 0.6 is 11.6 Å². The van der Waals surface area contributed by atoms with Gasteiger partial charge in [0.1, 0.15) is 23.1 Å². The zero-order chi connectivity index (χ0) is 24.5. The summed E-state index contributed by atoms with van der Waals surface area (Å²) in [5, 5.41) is 0.672. The second-order valence-corrected chi connectivity index (χ2v) is 8.84. The average Bonchev–Trinajstić information content (AvgIpc) is 2.87. The summed E-state index contributed by atoms with van der Waals surface area (Å²) in [6, 6.07) is 28.2. The maximum Gasteiger partial charge on any atom is 0.127 e. The van der Waals surface area contributed by atoms with Gasteiger partial charge in [0.15, 0.2) is 0 Å². The van der Waals surface area contributed by atoms with Crippen molar-refractivity contribution in [2.24, 2.45) is 0 Å². The van der Waals surface area contributed by atoms with E-state index < -0.39 is 0 Å². The monoisotopic (exact) mass is 492 g/mol. The van der Waals surface area contributed by atoms with Crippen LogP contribution in [0.4, 0.5) is 8.78 Å². The van der Waals surface area contributed by atoms with Crippen molar-refractivity contribution in [2.45, 2.75) is 31.8 Å². The van der Waals surface area contributed by atoms with E-state index in [1.807, 2.05) is 36.4 Å². The number of rotatable bonds is 11. The number of ether oxygens (including phenoxy) is 2. The SMILES string of the molecule is Fc1ccc(C(CCCCOCc2ccc(Oc3ccc(Cl)cc3)cc2)c2ccc(F)cc2)cc1. The molecule has 0 aliphatic carbocycles. The molecule has 0 amide bonds. The van der Waals surface area contributed by atoms with Crippen LogP contribution in [0.15, 0.2) is 97.1 Å². The highest BCUT2D eigenvalue weighted by atomic mass is 35.5. The van der Waals surface area contributed by atoms with Gasteiger partial charge >= 0.3 is 0 Å². The minimum atomic E-state index is -0.260. The predicted molar refractivity (Wildman–Crippen MR) is 136 cm³/mol. The summed E-state index contributed by atoms with van der Waals surface area (Å²) in [5.41, 5.74) is 3.13. The highest BCUT2D eigenvalue weighted by Gasteiger charge is 2.14. The molecule has 0 radical (unpaired) electrons. The van der Waals surface area contributed by atoms with Crippen LogP contribution in [0.1, 0.15) is 41.9 Å². The van der Waals surface area contributed by atoms with Crippen molar-refractivity contribution in [1.82, 2.24) is 0 Å². The molecule has 180 valence electrons. The van der Waals surface area contributed by atoms with Crippen LogP contribution in [-0.4, -0.2) is 6.61 Å². The van der Waals surface area contributed by atoms with Crippen molar-refractivity contribution in [1.29, 1.82) is 0 Å². The first-order chi connectivity index (χ1) is 17.1. The molecule has 0 atom stereocenters. The maximum absolute atomic E-state index is 13.4. The van der Waals surface area contributed by atoms with Gasteiger partial charge in [-0.05, 0) is 90.2 Å². The first kappa shape index (κ1) is 24.9. The molecule has 4 aromatic carbocycles. The molecule has 0 spiro atoms. The molecule has 0 unspecified atom stereocenters. The fourth-order valence-electron chi connectivity index (χ4n) is 3.95. The van der Waals surface area contributed by atoms with Gasteiger partial charge in [0.05, 0.1) is 6.61 Å². The third-order valence-electron chi connectivity index (χ3n) is 5.82. The molecule has 0 aromatic heterocycles. The molecule has 4 aromatic rings. The summed E-state index contributed by atoms with van der Waals surface area (Å²) in [7, 11) is 0. The molecule has 0 saturated carbocycles. The van der Waals surface area contributed by atoms with Crippen molar-refractivity contribution >= 4 is 11.6 Å². The first-order valence-electron chi connectivity index (χ1n) is 11.7. The summed E-state index contributed by atoms with van der Waals surface area (Å²) >= 11 is 5.90. The largest absolute Gasteiger partial charge is 0.457 e. The molecular weight excluding hydrogens is 466 g/mol. The Morgan fingerprint density at radius 1 is 0.629 bits per heavy atom. The number of halogens is 3. The number of hydrogen-bond acceptors (Lipinski definition) is 2. The minimum absolute atomic E-state index is 0.0874. The van der Waals surface area contributed by atoms with E-state index in [0.29, 0.717) is 18.2 Å². The van der Waals surface area contributed by atoms with Gasteiger partial charge in [-0.15, -0.1) is 0 Å². The van der Waals surface area contributed by atoms with Crippen molar-refractivity contribution in [3.8, 4) is 11.5 Å². The lowest BCUT2D eigenvalue weighted by molar-refractivity contribution is 0.116. The predicted octanol–water partition coefficient (Wildman–Crippen LogP) is 8.93.